The summed E-state index contributed by atoms with van der Waals surface area (Å²) < 4.78 is 5.08. The highest BCUT2D eigenvalue weighted by atomic mass is 16.5. The van der Waals surface area contributed by atoms with E-state index in [-0.39, 0.29) is 18.4 Å². The van der Waals surface area contributed by atoms with Crippen LogP contribution in [0.4, 0.5) is 4.79 Å². The Balaban J connectivity index is 1.88. The molecule has 1 saturated carbocycles. The van der Waals surface area contributed by atoms with Crippen LogP contribution in [0.5, 0.6) is 0 Å². The van der Waals surface area contributed by atoms with Crippen LogP contribution < -0.4 is 0 Å². The third-order valence-electron chi connectivity index (χ3n) is 7.54. The average Bonchev–Trinajstić information content (AvgIpc) is 3.34. The molecule has 0 bridgehead atoms. The van der Waals surface area contributed by atoms with Gasteiger partial charge in [0, 0.05) is 26.7 Å². The lowest BCUT2D eigenvalue weighted by molar-refractivity contribution is -0.155. The normalized spacial score (nSPS) is 23.9. The smallest absolute Gasteiger partial charge is 0.327 e. The zero-order chi connectivity index (χ0) is 22.8. The number of nitrogens with zero attached hydrogens (tertiary/aromatic N) is 3. The number of carbonyl (C=O) groups excluding carboxylic acids is 4. The highest BCUT2D eigenvalue weighted by Gasteiger charge is 2.51. The van der Waals surface area contributed by atoms with Gasteiger partial charge in [0.1, 0.15) is 5.54 Å². The molecule has 1 unspecified atom stereocenters. The lowest BCUT2D eigenvalue weighted by Gasteiger charge is -2.35. The van der Waals surface area contributed by atoms with E-state index in [9.17, 15) is 19.2 Å². The minimum atomic E-state index is -0.977. The number of ether oxygens (including phenoxy) is 1. The number of hydrogen-bond acceptors (Lipinski definition) is 5. The Morgan fingerprint density at radius 3 is 2.16 bits per heavy atom. The van der Waals surface area contributed by atoms with E-state index in [0.717, 1.165) is 49.8 Å². The van der Waals surface area contributed by atoms with Crippen molar-refractivity contribution >= 4 is 23.8 Å². The van der Waals surface area contributed by atoms with Crippen LogP contribution >= 0.6 is 0 Å². The van der Waals surface area contributed by atoms with Gasteiger partial charge in [-0.3, -0.25) is 19.3 Å². The van der Waals surface area contributed by atoms with Crippen molar-refractivity contribution in [3.8, 4) is 0 Å². The first-order valence-corrected chi connectivity index (χ1v) is 11.6. The number of hydrogen-bond donors (Lipinski definition) is 0. The third-order valence-corrected chi connectivity index (χ3v) is 7.54. The van der Waals surface area contributed by atoms with Gasteiger partial charge in [-0.05, 0) is 45.4 Å². The van der Waals surface area contributed by atoms with Gasteiger partial charge in [-0.1, -0.05) is 25.7 Å². The fourth-order valence-electron chi connectivity index (χ4n) is 5.25. The summed E-state index contributed by atoms with van der Waals surface area (Å²) in [6.45, 7) is 4.66. The largest absolute Gasteiger partial charge is 0.469 e. The second-order valence-corrected chi connectivity index (χ2v) is 9.82. The van der Waals surface area contributed by atoms with Crippen LogP contribution in [0.1, 0.15) is 65.2 Å². The van der Waals surface area contributed by atoms with Gasteiger partial charge in [-0.2, -0.15) is 0 Å². The van der Waals surface area contributed by atoms with Gasteiger partial charge < -0.3 is 14.5 Å². The number of urea groups is 1. The summed E-state index contributed by atoms with van der Waals surface area (Å²) in [6, 6.07) is -0.436. The molecule has 0 aromatic heterocycles. The maximum absolute atomic E-state index is 13.6. The molecule has 8 heteroatoms. The summed E-state index contributed by atoms with van der Waals surface area (Å²) in [6.07, 6.45) is 8.02. The number of likely N-dealkylation sites (N-methyl/N-ethyl adjacent to an activating group) is 1. The molecule has 0 aromatic carbocycles. The van der Waals surface area contributed by atoms with Crippen LogP contribution in [0.3, 0.4) is 0 Å². The lowest BCUT2D eigenvalue weighted by atomic mass is 9.81. The number of carbonyl (C=O) groups is 4. The summed E-state index contributed by atoms with van der Waals surface area (Å²) >= 11 is 0. The van der Waals surface area contributed by atoms with E-state index in [1.165, 1.54) is 12.0 Å². The van der Waals surface area contributed by atoms with E-state index in [1.807, 2.05) is 4.90 Å². The Kier molecular flexibility index (Phi) is 7.27. The summed E-state index contributed by atoms with van der Waals surface area (Å²) in [7, 11) is 2.89. The van der Waals surface area contributed by atoms with E-state index in [0.29, 0.717) is 25.4 Å². The maximum atomic E-state index is 13.6. The first-order chi connectivity index (χ1) is 14.7. The minimum Gasteiger partial charge on any atom is -0.469 e. The first kappa shape index (κ1) is 23.5. The Morgan fingerprint density at radius 2 is 1.65 bits per heavy atom. The number of likely N-dealkylation sites (tertiary alicyclic amines) is 1. The van der Waals surface area contributed by atoms with Crippen molar-refractivity contribution in [2.24, 2.45) is 17.8 Å². The fourth-order valence-corrected chi connectivity index (χ4v) is 5.25. The number of methoxy groups -OCH3 is 1. The molecule has 2 heterocycles. The van der Waals surface area contributed by atoms with Gasteiger partial charge in [0.25, 0.3) is 5.91 Å². The van der Waals surface area contributed by atoms with Gasteiger partial charge in [-0.25, -0.2) is 4.79 Å². The van der Waals surface area contributed by atoms with Gasteiger partial charge in [-0.15, -0.1) is 0 Å². The van der Waals surface area contributed by atoms with Crippen molar-refractivity contribution in [1.82, 2.24) is 14.7 Å². The molecular formula is C23H37N3O5. The van der Waals surface area contributed by atoms with Crippen LogP contribution in [-0.2, 0) is 19.1 Å². The first-order valence-electron chi connectivity index (χ1n) is 11.6. The molecule has 2 atom stereocenters. The molecule has 3 fully saturated rings. The molecule has 0 spiro atoms. The van der Waals surface area contributed by atoms with E-state index in [4.69, 9.17) is 4.74 Å². The topological polar surface area (TPSA) is 87.2 Å². The molecule has 174 valence electrons. The molecule has 0 radical (unpaired) electrons. The monoisotopic (exact) mass is 435 g/mol. The van der Waals surface area contributed by atoms with Crippen molar-refractivity contribution in [2.45, 2.75) is 70.8 Å². The Hall–Kier alpha value is -2.12. The zero-order valence-corrected chi connectivity index (χ0v) is 19.4. The van der Waals surface area contributed by atoms with Gasteiger partial charge in [0.15, 0.2) is 0 Å². The molecule has 1 aliphatic carbocycles. The van der Waals surface area contributed by atoms with Crippen LogP contribution in [0, 0.1) is 17.8 Å². The minimum absolute atomic E-state index is 0.0336. The Bertz CT molecular complexity index is 710. The zero-order valence-electron chi connectivity index (χ0n) is 19.4. The molecule has 3 rings (SSSR count). The summed E-state index contributed by atoms with van der Waals surface area (Å²) in [4.78, 5) is 56.6. The van der Waals surface area contributed by atoms with Crippen LogP contribution in [0.25, 0.3) is 0 Å². The number of piperidine rings is 1. The van der Waals surface area contributed by atoms with Crippen LogP contribution in [0.2, 0.25) is 0 Å². The molecule has 3 aliphatic rings. The third kappa shape index (κ3) is 4.72. The van der Waals surface area contributed by atoms with Gasteiger partial charge in [0.2, 0.25) is 5.91 Å². The van der Waals surface area contributed by atoms with Gasteiger partial charge in [0.05, 0.1) is 18.9 Å². The molecule has 4 amide bonds. The number of amides is 4. The number of rotatable bonds is 7. The standard InChI is InChI=1S/C23H37N3O5/c1-23(2)21(29)26(22(30)24(23)3)15-18(20(28)31-4)17(14-16-10-6-7-11-16)19(27)25-12-8-5-9-13-25/h16-18H,5-15H2,1-4H3/t17?,18-/m0/s1. The molecule has 2 saturated heterocycles. The highest BCUT2D eigenvalue weighted by Crippen LogP contribution is 2.36. The summed E-state index contributed by atoms with van der Waals surface area (Å²) in [5, 5.41) is 0. The fraction of sp³-hybridized carbons (Fsp3) is 0.826. The molecule has 0 aromatic rings. The van der Waals surface area contributed by atoms with E-state index in [1.54, 1.807) is 20.9 Å². The SMILES string of the molecule is COC(=O)[C@@H](CN1C(=O)N(C)C(C)(C)C1=O)C(CC1CCCC1)C(=O)N1CCCCC1. The highest BCUT2D eigenvalue weighted by molar-refractivity contribution is 6.06. The van der Waals surface area contributed by atoms with E-state index >= 15 is 0 Å². The summed E-state index contributed by atoms with van der Waals surface area (Å²) in [5.74, 6) is -1.96. The Morgan fingerprint density at radius 1 is 1.03 bits per heavy atom. The van der Waals surface area contributed by atoms with E-state index < -0.39 is 29.4 Å². The van der Waals surface area contributed by atoms with Crippen molar-refractivity contribution in [3.63, 3.8) is 0 Å². The predicted molar refractivity (Wildman–Crippen MR) is 115 cm³/mol. The quantitative estimate of drug-likeness (QED) is 0.453. The predicted octanol–water partition coefficient (Wildman–Crippen LogP) is 2.66. The van der Waals surface area contributed by atoms with Gasteiger partial charge >= 0.3 is 12.0 Å². The second kappa shape index (κ2) is 9.57. The van der Waals surface area contributed by atoms with Crippen molar-refractivity contribution < 1.29 is 23.9 Å². The van der Waals surface area contributed by atoms with Crippen molar-refractivity contribution in [1.29, 1.82) is 0 Å². The molecular weight excluding hydrogens is 398 g/mol. The molecule has 2 aliphatic heterocycles. The second-order valence-electron chi connectivity index (χ2n) is 9.82. The van der Waals surface area contributed by atoms with Crippen LogP contribution in [0.15, 0.2) is 0 Å². The molecule has 31 heavy (non-hydrogen) atoms. The molecule has 8 nitrogen and oxygen atoms in total. The lowest BCUT2D eigenvalue weighted by Crippen LogP contribution is -2.49. The van der Waals surface area contributed by atoms with Crippen LogP contribution in [-0.4, -0.2) is 77.8 Å². The van der Waals surface area contributed by atoms with Crippen molar-refractivity contribution in [2.75, 3.05) is 33.8 Å². The summed E-state index contributed by atoms with van der Waals surface area (Å²) in [5.41, 5.74) is -0.977. The van der Waals surface area contributed by atoms with E-state index in [2.05, 4.69) is 0 Å². The molecule has 0 N–H and O–H groups in total. The number of esters is 1. The average molecular weight is 436 g/mol. The Labute approximate surface area is 185 Å². The maximum Gasteiger partial charge on any atom is 0.327 e. The number of imide groups is 1. The van der Waals surface area contributed by atoms with Crippen molar-refractivity contribution in [3.05, 3.63) is 0 Å².